The first-order chi connectivity index (χ1) is 43.1. The molecule has 2 unspecified atom stereocenters. The fourth-order valence-corrected chi connectivity index (χ4v) is 11.3. The number of quaternary nitrogens is 1. The van der Waals surface area contributed by atoms with Gasteiger partial charge in [0.1, 0.15) is 13.2 Å². The van der Waals surface area contributed by atoms with Gasteiger partial charge in [0.15, 0.2) is 6.10 Å². The number of likely N-dealkylation sites (N-methyl/N-ethyl adjacent to an activating group) is 1. The summed E-state index contributed by atoms with van der Waals surface area (Å²) in [5, 5.41) is 9.76. The summed E-state index contributed by atoms with van der Waals surface area (Å²) in [6, 6.07) is 0. The van der Waals surface area contributed by atoms with Crippen LogP contribution >= 0.6 is 0 Å². The molecule has 1 N–H and O–H groups in total. The van der Waals surface area contributed by atoms with Crippen molar-refractivity contribution in [3.8, 4) is 0 Å². The fraction of sp³-hybridized carbons (Fsp3) is 0.835. The Hall–Kier alpha value is -3.01. The number of carbonyl (C=O) groups excluding carboxylic acids is 2. The van der Waals surface area contributed by atoms with Crippen molar-refractivity contribution in [3.63, 3.8) is 0 Å². The number of carboxylic acid groups (broad SMARTS) is 1. The van der Waals surface area contributed by atoms with Crippen molar-refractivity contribution in [2.45, 2.75) is 379 Å². The number of aliphatic carboxylic acids is 1. The van der Waals surface area contributed by atoms with Gasteiger partial charge in [-0.1, -0.05) is 357 Å². The van der Waals surface area contributed by atoms with E-state index in [2.05, 4.69) is 74.6 Å². The third-order valence-electron chi connectivity index (χ3n) is 17.0. The monoisotopic (exact) mass is 1240 g/mol. The molecule has 0 rings (SSSR count). The number of nitrogens with zero attached hydrogens (tertiary/aromatic N) is 1. The van der Waals surface area contributed by atoms with Crippen molar-refractivity contribution < 1.29 is 42.9 Å². The molecule has 9 nitrogen and oxygen atoms in total. The summed E-state index contributed by atoms with van der Waals surface area (Å²) in [7, 11) is 5.99. The van der Waals surface area contributed by atoms with Crippen LogP contribution in [0.3, 0.4) is 0 Å². The molecule has 0 radical (unpaired) electrons. The standard InChI is InChI=1S/C79H145NO8/c1-6-8-10-12-14-16-18-20-22-24-26-28-30-32-34-36-37-38-39-40-41-42-44-46-48-50-52-54-56-58-60-62-64-66-68-70-77(82)88-75(74-87-79(78(83)84)85-72-71-80(3,4)5)73-86-76(81)69-67-65-63-61-59-57-55-53-51-49-47-45-43-35-33-31-29-27-25-23-21-19-17-15-13-11-9-7-2/h8,10,14,16,20,22,26,28,32,34,75,79H,6-7,9,11-13,15,17-19,21,23-25,27,29-31,33,35-74H2,1-5H3/p+1/b10-8-,16-14-,22-20-,28-26-,34-32-. The second-order valence-corrected chi connectivity index (χ2v) is 26.9. The number of hydrogen-bond acceptors (Lipinski definition) is 7. The van der Waals surface area contributed by atoms with E-state index in [1.807, 2.05) is 21.1 Å². The Balaban J connectivity index is 4.02. The molecule has 0 saturated heterocycles. The maximum absolute atomic E-state index is 13.0. The molecular weight excluding hydrogens is 1090 g/mol. The normalized spacial score (nSPS) is 13.0. The Bertz CT molecular complexity index is 1630. The van der Waals surface area contributed by atoms with E-state index < -0.39 is 18.4 Å². The Morgan fingerprint density at radius 1 is 0.352 bits per heavy atom. The van der Waals surface area contributed by atoms with E-state index in [0.29, 0.717) is 17.4 Å². The average Bonchev–Trinajstić information content (AvgIpc) is 3.54. The zero-order valence-corrected chi connectivity index (χ0v) is 58.9. The van der Waals surface area contributed by atoms with Gasteiger partial charge in [0.25, 0.3) is 6.29 Å². The number of hydrogen-bond donors (Lipinski definition) is 1. The van der Waals surface area contributed by atoms with Gasteiger partial charge >= 0.3 is 17.9 Å². The van der Waals surface area contributed by atoms with E-state index in [9.17, 15) is 19.5 Å². The molecule has 0 aromatic carbocycles. The molecule has 0 bridgehead atoms. The molecule has 0 heterocycles. The van der Waals surface area contributed by atoms with Crippen molar-refractivity contribution in [1.29, 1.82) is 0 Å². The van der Waals surface area contributed by atoms with Crippen molar-refractivity contribution in [3.05, 3.63) is 60.8 Å². The Morgan fingerprint density at radius 3 is 0.966 bits per heavy atom. The van der Waals surface area contributed by atoms with Crippen molar-refractivity contribution >= 4 is 17.9 Å². The third kappa shape index (κ3) is 70.4. The summed E-state index contributed by atoms with van der Waals surface area (Å²) in [4.78, 5) is 37.7. The van der Waals surface area contributed by atoms with Crippen LogP contribution in [0.1, 0.15) is 367 Å². The van der Waals surface area contributed by atoms with Crippen LogP contribution in [0.5, 0.6) is 0 Å². The van der Waals surface area contributed by atoms with E-state index in [-0.39, 0.29) is 38.2 Å². The van der Waals surface area contributed by atoms with Gasteiger partial charge in [-0.2, -0.15) is 0 Å². The minimum atomic E-state index is -1.51. The van der Waals surface area contributed by atoms with E-state index in [0.717, 1.165) is 70.6 Å². The molecule has 2 atom stereocenters. The number of unbranched alkanes of at least 4 members (excludes halogenated alkanes) is 46. The zero-order chi connectivity index (χ0) is 64.0. The highest BCUT2D eigenvalue weighted by Gasteiger charge is 2.25. The van der Waals surface area contributed by atoms with Gasteiger partial charge in [-0.05, 0) is 57.8 Å². The van der Waals surface area contributed by atoms with Crippen molar-refractivity contribution in [2.24, 2.45) is 0 Å². The van der Waals surface area contributed by atoms with Crippen LogP contribution in [-0.2, 0) is 33.3 Å². The molecule has 9 heteroatoms. The number of esters is 2. The second-order valence-electron chi connectivity index (χ2n) is 26.9. The van der Waals surface area contributed by atoms with Gasteiger partial charge in [-0.3, -0.25) is 9.59 Å². The summed E-state index contributed by atoms with van der Waals surface area (Å²) in [6.07, 6.45) is 89.3. The first-order valence-electron chi connectivity index (χ1n) is 38.0. The smallest absolute Gasteiger partial charge is 0.361 e. The molecule has 0 aliphatic rings. The van der Waals surface area contributed by atoms with E-state index in [1.54, 1.807) is 0 Å². The van der Waals surface area contributed by atoms with Gasteiger partial charge in [0.05, 0.1) is 34.4 Å². The number of carboxylic acids is 1. The minimum Gasteiger partial charge on any atom is -0.477 e. The molecule has 0 amide bonds. The number of carbonyl (C=O) groups is 3. The first-order valence-corrected chi connectivity index (χ1v) is 38.0. The second kappa shape index (κ2) is 69.9. The highest BCUT2D eigenvalue weighted by Crippen LogP contribution is 2.19. The van der Waals surface area contributed by atoms with Crippen LogP contribution < -0.4 is 0 Å². The van der Waals surface area contributed by atoms with E-state index >= 15 is 0 Å². The fourth-order valence-electron chi connectivity index (χ4n) is 11.3. The maximum atomic E-state index is 13.0. The summed E-state index contributed by atoms with van der Waals surface area (Å²) >= 11 is 0. The van der Waals surface area contributed by atoms with Crippen LogP contribution in [-0.4, -0.2) is 87.4 Å². The molecule has 0 aromatic heterocycles. The largest absolute Gasteiger partial charge is 0.477 e. The molecule has 88 heavy (non-hydrogen) atoms. The van der Waals surface area contributed by atoms with Gasteiger partial charge in [0, 0.05) is 12.8 Å². The van der Waals surface area contributed by atoms with Crippen molar-refractivity contribution in [1.82, 2.24) is 0 Å². The van der Waals surface area contributed by atoms with Gasteiger partial charge in [-0.15, -0.1) is 0 Å². The predicted octanol–water partition coefficient (Wildman–Crippen LogP) is 23.9. The Morgan fingerprint density at radius 2 is 0.648 bits per heavy atom. The lowest BCUT2D eigenvalue weighted by molar-refractivity contribution is -0.870. The predicted molar refractivity (Wildman–Crippen MR) is 378 cm³/mol. The minimum absolute atomic E-state index is 0.177. The highest BCUT2D eigenvalue weighted by atomic mass is 16.7. The molecule has 0 fully saturated rings. The van der Waals surface area contributed by atoms with Gasteiger partial charge in [-0.25, -0.2) is 4.79 Å². The van der Waals surface area contributed by atoms with Crippen LogP contribution in [0.25, 0.3) is 0 Å². The lowest BCUT2D eigenvalue weighted by atomic mass is 10.0. The maximum Gasteiger partial charge on any atom is 0.361 e. The molecule has 0 aliphatic heterocycles. The third-order valence-corrected chi connectivity index (χ3v) is 17.0. The van der Waals surface area contributed by atoms with Crippen LogP contribution in [0.15, 0.2) is 60.8 Å². The Labute approximate surface area is 545 Å². The zero-order valence-electron chi connectivity index (χ0n) is 58.9. The summed E-state index contributed by atoms with van der Waals surface area (Å²) < 4.78 is 23.0. The highest BCUT2D eigenvalue weighted by molar-refractivity contribution is 5.71. The molecule has 0 aromatic rings. The topological polar surface area (TPSA) is 108 Å². The van der Waals surface area contributed by atoms with Crippen molar-refractivity contribution in [2.75, 3.05) is 47.5 Å². The quantitative estimate of drug-likeness (QED) is 0.0211. The van der Waals surface area contributed by atoms with Crippen LogP contribution in [0.4, 0.5) is 0 Å². The lowest BCUT2D eigenvalue weighted by Gasteiger charge is -2.25. The summed E-state index contributed by atoms with van der Waals surface area (Å²) in [5.74, 6) is -1.98. The SMILES string of the molecule is CC/C=C\C/C=C\C/C=C\C/C=C\C/C=C\CCCCCCCCCCCCCCCCCCCCCC(=O)OC(COC(=O)CCCCCCCCCCCCCCCCCCCCCCCCCCCCCC)COC(OCC[N+](C)(C)C)C(=O)O. The summed E-state index contributed by atoms with van der Waals surface area (Å²) in [5.41, 5.74) is 0. The van der Waals surface area contributed by atoms with Gasteiger partial charge < -0.3 is 28.5 Å². The molecule has 0 spiro atoms. The first kappa shape index (κ1) is 85.0. The van der Waals surface area contributed by atoms with E-state index in [1.165, 1.54) is 270 Å². The van der Waals surface area contributed by atoms with Crippen LogP contribution in [0, 0.1) is 0 Å². The van der Waals surface area contributed by atoms with Crippen LogP contribution in [0.2, 0.25) is 0 Å². The molecular formula is C79H146NO8+. The Kier molecular flexibility index (Phi) is 67.5. The average molecular weight is 1240 g/mol. The molecule has 0 saturated carbocycles. The molecule has 0 aliphatic carbocycles. The van der Waals surface area contributed by atoms with E-state index in [4.69, 9.17) is 18.9 Å². The number of rotatable bonds is 71. The van der Waals surface area contributed by atoms with Gasteiger partial charge in [0.2, 0.25) is 0 Å². The number of allylic oxidation sites excluding steroid dienone is 10. The number of ether oxygens (including phenoxy) is 4. The lowest BCUT2D eigenvalue weighted by Crippen LogP contribution is -2.40. The molecule has 514 valence electrons. The summed E-state index contributed by atoms with van der Waals surface area (Å²) in [6.45, 7) is 4.83.